The second kappa shape index (κ2) is 9.43. The first-order valence-electron chi connectivity index (χ1n) is 8.37. The Morgan fingerprint density at radius 2 is 1.81 bits per heavy atom. The molecule has 0 radical (unpaired) electrons. The van der Waals surface area contributed by atoms with Gasteiger partial charge in [0.2, 0.25) is 5.95 Å². The molecular weight excluding hydrogens is 402 g/mol. The number of anilines is 3. The predicted molar refractivity (Wildman–Crippen MR) is 103 cm³/mol. The molecule has 0 bridgehead atoms. The maximum atomic E-state index is 13.2. The van der Waals surface area contributed by atoms with Crippen molar-refractivity contribution in [1.82, 2.24) is 14.9 Å². The number of benzene rings is 1. The molecule has 5 nitrogen and oxygen atoms in total. The van der Waals surface area contributed by atoms with Crippen LogP contribution < -0.4 is 10.6 Å². The van der Waals surface area contributed by atoms with Crippen LogP contribution in [0, 0.1) is 0 Å². The molecule has 0 spiro atoms. The molecule has 2 aromatic rings. The van der Waals surface area contributed by atoms with E-state index < -0.39 is 11.7 Å². The molecule has 0 saturated heterocycles. The van der Waals surface area contributed by atoms with Crippen molar-refractivity contribution in [3.05, 3.63) is 40.0 Å². The average Bonchev–Trinajstić information content (AvgIpc) is 2.61. The van der Waals surface area contributed by atoms with Crippen molar-refractivity contribution in [3.63, 3.8) is 0 Å². The van der Waals surface area contributed by atoms with E-state index in [2.05, 4.69) is 25.5 Å². The van der Waals surface area contributed by atoms with Crippen molar-refractivity contribution >= 4 is 40.7 Å². The number of rotatable bonds is 8. The Kier molecular flexibility index (Phi) is 7.52. The topological polar surface area (TPSA) is 53.1 Å². The predicted octanol–water partition coefficient (Wildman–Crippen LogP) is 5.30. The van der Waals surface area contributed by atoms with Crippen LogP contribution in [-0.2, 0) is 6.18 Å². The summed E-state index contributed by atoms with van der Waals surface area (Å²) in [7, 11) is 0. The van der Waals surface area contributed by atoms with Crippen molar-refractivity contribution in [3.8, 4) is 0 Å². The highest BCUT2D eigenvalue weighted by Crippen LogP contribution is 2.34. The first-order chi connectivity index (χ1) is 12.7. The van der Waals surface area contributed by atoms with Gasteiger partial charge in [0.05, 0.1) is 10.0 Å². The Hall–Kier alpha value is -1.77. The minimum Gasteiger partial charge on any atom is -0.368 e. The molecule has 27 heavy (non-hydrogen) atoms. The smallest absolute Gasteiger partial charge is 0.368 e. The summed E-state index contributed by atoms with van der Waals surface area (Å²) in [6, 6.07) is 4.74. The molecule has 1 aromatic carbocycles. The van der Waals surface area contributed by atoms with Gasteiger partial charge in [-0.15, -0.1) is 0 Å². The molecule has 0 unspecified atom stereocenters. The minimum atomic E-state index is -4.56. The molecule has 0 atom stereocenters. The van der Waals surface area contributed by atoms with E-state index in [1.54, 1.807) is 18.2 Å². The van der Waals surface area contributed by atoms with Gasteiger partial charge in [0.25, 0.3) is 0 Å². The van der Waals surface area contributed by atoms with Crippen molar-refractivity contribution in [1.29, 1.82) is 0 Å². The zero-order chi connectivity index (χ0) is 20.0. The van der Waals surface area contributed by atoms with E-state index in [0.29, 0.717) is 28.8 Å². The van der Waals surface area contributed by atoms with Crippen molar-refractivity contribution in [2.75, 3.05) is 36.8 Å². The molecule has 0 aliphatic carbocycles. The van der Waals surface area contributed by atoms with Gasteiger partial charge in [0, 0.05) is 25.0 Å². The third-order valence-electron chi connectivity index (χ3n) is 3.88. The third-order valence-corrected chi connectivity index (χ3v) is 4.62. The van der Waals surface area contributed by atoms with Crippen molar-refractivity contribution in [2.45, 2.75) is 20.0 Å². The molecule has 0 fully saturated rings. The fraction of sp³-hybridized carbons (Fsp3) is 0.412. The second-order valence-electron chi connectivity index (χ2n) is 5.66. The maximum Gasteiger partial charge on any atom is 0.421 e. The van der Waals surface area contributed by atoms with Gasteiger partial charge >= 0.3 is 6.18 Å². The van der Waals surface area contributed by atoms with E-state index in [1.165, 1.54) is 0 Å². The van der Waals surface area contributed by atoms with Crippen LogP contribution in [-0.4, -0.2) is 41.0 Å². The molecule has 0 aliphatic rings. The van der Waals surface area contributed by atoms with Crippen LogP contribution >= 0.6 is 23.2 Å². The van der Waals surface area contributed by atoms with E-state index in [9.17, 15) is 13.2 Å². The van der Waals surface area contributed by atoms with Gasteiger partial charge < -0.3 is 15.5 Å². The summed E-state index contributed by atoms with van der Waals surface area (Å²) in [5, 5.41) is 6.28. The highest BCUT2D eigenvalue weighted by molar-refractivity contribution is 6.42. The summed E-state index contributed by atoms with van der Waals surface area (Å²) < 4.78 is 39.7. The van der Waals surface area contributed by atoms with E-state index in [1.807, 2.05) is 13.8 Å². The van der Waals surface area contributed by atoms with Crippen LogP contribution in [0.3, 0.4) is 0 Å². The monoisotopic (exact) mass is 421 g/mol. The van der Waals surface area contributed by atoms with E-state index in [-0.39, 0.29) is 11.8 Å². The zero-order valence-corrected chi connectivity index (χ0v) is 16.4. The normalized spacial score (nSPS) is 11.7. The van der Waals surface area contributed by atoms with Crippen LogP contribution in [0.1, 0.15) is 19.4 Å². The highest BCUT2D eigenvalue weighted by atomic mass is 35.5. The Labute approximate surface area is 165 Å². The molecule has 0 saturated carbocycles. The molecule has 10 heteroatoms. The maximum absolute atomic E-state index is 13.2. The first kappa shape index (κ1) is 21.5. The van der Waals surface area contributed by atoms with E-state index in [4.69, 9.17) is 23.2 Å². The molecule has 148 valence electrons. The number of likely N-dealkylation sites (N-methyl/N-ethyl adjacent to an activating group) is 1. The molecule has 0 aliphatic heterocycles. The van der Waals surface area contributed by atoms with Gasteiger partial charge in [-0.05, 0) is 31.3 Å². The molecule has 2 rings (SSSR count). The van der Waals surface area contributed by atoms with E-state index >= 15 is 0 Å². The number of aromatic nitrogens is 2. The lowest BCUT2D eigenvalue weighted by molar-refractivity contribution is -0.137. The lowest BCUT2D eigenvalue weighted by atomic mass is 10.3. The zero-order valence-electron chi connectivity index (χ0n) is 14.9. The number of nitrogens with one attached hydrogen (secondary N) is 2. The molecule has 1 aromatic heterocycles. The number of hydrogen-bond donors (Lipinski definition) is 2. The van der Waals surface area contributed by atoms with Crippen LogP contribution in [0.5, 0.6) is 0 Å². The van der Waals surface area contributed by atoms with Gasteiger partial charge in [-0.25, -0.2) is 4.98 Å². The van der Waals surface area contributed by atoms with Gasteiger partial charge in [0.1, 0.15) is 11.4 Å². The highest BCUT2D eigenvalue weighted by Gasteiger charge is 2.35. The molecule has 2 N–H and O–H groups in total. The number of nitrogens with zero attached hydrogens (tertiary/aromatic N) is 3. The Balaban J connectivity index is 2.20. The summed E-state index contributed by atoms with van der Waals surface area (Å²) in [6.07, 6.45) is -3.80. The minimum absolute atomic E-state index is 0.0201. The molecule has 0 amide bonds. The largest absolute Gasteiger partial charge is 0.421 e. The third kappa shape index (κ3) is 6.12. The second-order valence-corrected chi connectivity index (χ2v) is 6.48. The van der Waals surface area contributed by atoms with Gasteiger partial charge in [-0.1, -0.05) is 37.0 Å². The van der Waals surface area contributed by atoms with Gasteiger partial charge in [-0.3, -0.25) is 0 Å². The summed E-state index contributed by atoms with van der Waals surface area (Å²) in [5.74, 6) is -0.251. The van der Waals surface area contributed by atoms with Crippen LogP contribution in [0.15, 0.2) is 24.4 Å². The quantitative estimate of drug-likeness (QED) is 0.605. The number of halogens is 5. The Bertz CT molecular complexity index is 767. The van der Waals surface area contributed by atoms with Gasteiger partial charge in [0.15, 0.2) is 0 Å². The SMILES string of the molecule is CCN(CC)CCNc1nc(Nc2ccc(Cl)c(Cl)c2)ncc1C(F)(F)F. The van der Waals surface area contributed by atoms with Crippen LogP contribution in [0.2, 0.25) is 10.0 Å². The number of hydrogen-bond acceptors (Lipinski definition) is 5. The summed E-state index contributed by atoms with van der Waals surface area (Å²) >= 11 is 11.8. The molecular formula is C17H20Cl2F3N5. The lowest BCUT2D eigenvalue weighted by Gasteiger charge is -2.19. The fourth-order valence-electron chi connectivity index (χ4n) is 2.36. The van der Waals surface area contributed by atoms with Crippen LogP contribution in [0.25, 0.3) is 0 Å². The Morgan fingerprint density at radius 1 is 1.11 bits per heavy atom. The summed E-state index contributed by atoms with van der Waals surface area (Å²) in [4.78, 5) is 9.84. The van der Waals surface area contributed by atoms with Gasteiger partial charge in [-0.2, -0.15) is 18.2 Å². The van der Waals surface area contributed by atoms with Crippen molar-refractivity contribution < 1.29 is 13.2 Å². The number of alkyl halides is 3. The van der Waals surface area contributed by atoms with Crippen LogP contribution in [0.4, 0.5) is 30.6 Å². The lowest BCUT2D eigenvalue weighted by Crippen LogP contribution is -2.29. The fourth-order valence-corrected chi connectivity index (χ4v) is 2.66. The van der Waals surface area contributed by atoms with E-state index in [0.717, 1.165) is 19.3 Å². The van der Waals surface area contributed by atoms with Crippen molar-refractivity contribution in [2.24, 2.45) is 0 Å². The Morgan fingerprint density at radius 3 is 2.41 bits per heavy atom. The first-order valence-corrected chi connectivity index (χ1v) is 9.12. The molecule has 1 heterocycles. The standard InChI is InChI=1S/C17H20Cl2F3N5/c1-3-27(4-2)8-7-23-15-12(17(20,21)22)10-24-16(26-15)25-11-5-6-13(18)14(19)9-11/h5-6,9-10H,3-4,7-8H2,1-2H3,(H2,23,24,25,26). The average molecular weight is 422 g/mol. The summed E-state index contributed by atoms with van der Waals surface area (Å²) in [5.41, 5.74) is -0.403. The summed E-state index contributed by atoms with van der Waals surface area (Å²) in [6.45, 7) is 6.55.